The van der Waals surface area contributed by atoms with Gasteiger partial charge in [0.25, 0.3) is 0 Å². The number of methoxy groups -OCH3 is 1. The molecule has 0 aliphatic carbocycles. The molecule has 1 aliphatic heterocycles. The van der Waals surface area contributed by atoms with Crippen LogP contribution in [0, 0.1) is 5.82 Å². The van der Waals surface area contributed by atoms with E-state index >= 15 is 0 Å². The number of hydrogen-bond acceptors (Lipinski definition) is 4. The Labute approximate surface area is 104 Å². The van der Waals surface area contributed by atoms with E-state index in [0.29, 0.717) is 18.1 Å². The molecule has 1 heterocycles. The molecule has 6 heteroatoms. The molecule has 0 aromatic heterocycles. The molecule has 1 atom stereocenters. The third kappa shape index (κ3) is 2.27. The van der Waals surface area contributed by atoms with Crippen LogP contribution in [0.5, 0.6) is 0 Å². The Kier molecular flexibility index (Phi) is 3.45. The van der Waals surface area contributed by atoms with E-state index in [-0.39, 0.29) is 11.9 Å². The lowest BCUT2D eigenvalue weighted by Gasteiger charge is -2.23. The fourth-order valence-electron chi connectivity index (χ4n) is 1.88. The van der Waals surface area contributed by atoms with Gasteiger partial charge in [-0.25, -0.2) is 9.18 Å². The van der Waals surface area contributed by atoms with Crippen molar-refractivity contribution in [3.8, 4) is 0 Å². The number of carbonyl (C=O) groups excluding carboxylic acids is 1. The van der Waals surface area contributed by atoms with Crippen LogP contribution >= 0.6 is 0 Å². The van der Waals surface area contributed by atoms with Crippen LogP contribution in [0.3, 0.4) is 0 Å². The first-order valence-corrected chi connectivity index (χ1v) is 5.50. The fraction of sp³-hybridized carbons (Fsp3) is 0.333. The summed E-state index contributed by atoms with van der Waals surface area (Å²) in [6, 6.07) is 6.33. The van der Waals surface area contributed by atoms with Crippen LogP contribution in [0.25, 0.3) is 0 Å². The number of ether oxygens (including phenoxy) is 1. The van der Waals surface area contributed by atoms with E-state index in [1.807, 2.05) is 0 Å². The topological polar surface area (TPSA) is 53.9 Å². The van der Waals surface area contributed by atoms with Crippen LogP contribution in [-0.2, 0) is 4.74 Å². The molecule has 18 heavy (non-hydrogen) atoms. The molecule has 0 saturated carbocycles. The predicted molar refractivity (Wildman–Crippen MR) is 64.7 cm³/mol. The van der Waals surface area contributed by atoms with Gasteiger partial charge in [-0.15, -0.1) is 0 Å². The highest BCUT2D eigenvalue weighted by Gasteiger charge is 2.28. The van der Waals surface area contributed by atoms with Crippen molar-refractivity contribution in [2.75, 3.05) is 20.7 Å². The first-order chi connectivity index (χ1) is 8.63. The molecule has 0 fully saturated rings. The van der Waals surface area contributed by atoms with Crippen molar-refractivity contribution in [3.05, 3.63) is 35.6 Å². The average molecular weight is 251 g/mol. The Bertz CT molecular complexity index is 490. The summed E-state index contributed by atoms with van der Waals surface area (Å²) in [5.41, 5.74) is 0.561. The van der Waals surface area contributed by atoms with Crippen molar-refractivity contribution >= 4 is 12.1 Å². The molecule has 96 valence electrons. The third-order valence-electron chi connectivity index (χ3n) is 2.88. The smallest absolute Gasteiger partial charge is 0.413 e. The molecule has 1 aliphatic rings. The number of carbonyl (C=O) groups is 1. The Morgan fingerprint density at radius 2 is 2.28 bits per heavy atom. The summed E-state index contributed by atoms with van der Waals surface area (Å²) in [7, 11) is 3.03. The summed E-state index contributed by atoms with van der Waals surface area (Å²) in [5, 5.41) is 2.49. The molecule has 0 saturated heterocycles. The molecule has 0 spiro atoms. The number of rotatable bonds is 1. The van der Waals surface area contributed by atoms with Gasteiger partial charge in [0.05, 0.1) is 19.7 Å². The van der Waals surface area contributed by atoms with Crippen LogP contribution in [0.1, 0.15) is 11.6 Å². The van der Waals surface area contributed by atoms with Gasteiger partial charge in [-0.2, -0.15) is 0 Å². The van der Waals surface area contributed by atoms with Crippen molar-refractivity contribution in [2.24, 2.45) is 4.99 Å². The van der Waals surface area contributed by atoms with Gasteiger partial charge in [0.2, 0.25) is 5.96 Å². The average Bonchev–Trinajstić information content (AvgIpc) is 2.72. The molecule has 1 amide bonds. The third-order valence-corrected chi connectivity index (χ3v) is 2.88. The van der Waals surface area contributed by atoms with Gasteiger partial charge >= 0.3 is 6.09 Å². The molecule has 2 rings (SSSR count). The number of aliphatic imine (C=N–C) groups is 1. The van der Waals surface area contributed by atoms with Gasteiger partial charge in [0.15, 0.2) is 0 Å². The van der Waals surface area contributed by atoms with Gasteiger partial charge in [-0.3, -0.25) is 10.3 Å². The molecule has 1 unspecified atom stereocenters. The minimum atomic E-state index is -0.588. The zero-order valence-corrected chi connectivity index (χ0v) is 10.2. The van der Waals surface area contributed by atoms with Crippen LogP contribution in [0.4, 0.5) is 9.18 Å². The summed E-state index contributed by atoms with van der Waals surface area (Å²) in [6.45, 7) is 0.400. The monoisotopic (exact) mass is 251 g/mol. The van der Waals surface area contributed by atoms with Crippen LogP contribution in [-0.4, -0.2) is 37.7 Å². The second-order valence-corrected chi connectivity index (χ2v) is 3.93. The predicted octanol–water partition coefficient (Wildman–Crippen LogP) is 1.52. The molecule has 1 N–H and O–H groups in total. The summed E-state index contributed by atoms with van der Waals surface area (Å²) in [6.07, 6.45) is -0.588. The number of nitrogens with zero attached hydrogens (tertiary/aromatic N) is 2. The maximum atomic E-state index is 13.7. The van der Waals surface area contributed by atoms with E-state index < -0.39 is 6.09 Å². The van der Waals surface area contributed by atoms with E-state index in [4.69, 9.17) is 0 Å². The van der Waals surface area contributed by atoms with E-state index in [1.54, 1.807) is 30.1 Å². The SMILES string of the molecule is COC(=O)NC1=NCC(c2ccccc2F)N1C. The fourth-order valence-corrected chi connectivity index (χ4v) is 1.88. The number of amides is 1. The highest BCUT2D eigenvalue weighted by Crippen LogP contribution is 2.26. The maximum Gasteiger partial charge on any atom is 0.413 e. The number of hydrogen-bond donors (Lipinski definition) is 1. The lowest BCUT2D eigenvalue weighted by atomic mass is 10.1. The second-order valence-electron chi connectivity index (χ2n) is 3.93. The Morgan fingerprint density at radius 3 is 2.94 bits per heavy atom. The number of nitrogens with one attached hydrogen (secondary N) is 1. The summed E-state index contributed by atoms with van der Waals surface area (Å²) < 4.78 is 18.2. The number of benzene rings is 1. The van der Waals surface area contributed by atoms with Gasteiger partial charge < -0.3 is 9.64 Å². The van der Waals surface area contributed by atoms with Crippen molar-refractivity contribution in [2.45, 2.75) is 6.04 Å². The molecular formula is C12H14FN3O2. The largest absolute Gasteiger partial charge is 0.453 e. The highest BCUT2D eigenvalue weighted by atomic mass is 19.1. The minimum absolute atomic E-state index is 0.210. The maximum absolute atomic E-state index is 13.7. The first-order valence-electron chi connectivity index (χ1n) is 5.50. The zero-order chi connectivity index (χ0) is 13.1. The minimum Gasteiger partial charge on any atom is -0.453 e. The zero-order valence-electron chi connectivity index (χ0n) is 10.2. The van der Waals surface area contributed by atoms with Gasteiger partial charge in [-0.05, 0) is 6.07 Å². The van der Waals surface area contributed by atoms with E-state index in [9.17, 15) is 9.18 Å². The Hall–Kier alpha value is -2.11. The molecule has 1 aromatic carbocycles. The number of guanidine groups is 1. The molecule has 0 bridgehead atoms. The summed E-state index contributed by atoms with van der Waals surface area (Å²) in [4.78, 5) is 17.0. The molecule has 0 radical (unpaired) electrons. The lowest BCUT2D eigenvalue weighted by Crippen LogP contribution is -2.40. The molecular weight excluding hydrogens is 237 g/mol. The molecule has 1 aromatic rings. The van der Waals surface area contributed by atoms with Crippen LogP contribution in [0.2, 0.25) is 0 Å². The van der Waals surface area contributed by atoms with Crippen molar-refractivity contribution in [3.63, 3.8) is 0 Å². The Morgan fingerprint density at radius 1 is 1.56 bits per heavy atom. The van der Waals surface area contributed by atoms with Gasteiger partial charge in [-0.1, -0.05) is 18.2 Å². The van der Waals surface area contributed by atoms with Gasteiger partial charge in [0.1, 0.15) is 5.82 Å². The lowest BCUT2D eigenvalue weighted by molar-refractivity contribution is 0.175. The van der Waals surface area contributed by atoms with Crippen molar-refractivity contribution < 1.29 is 13.9 Å². The second kappa shape index (κ2) is 5.03. The van der Waals surface area contributed by atoms with Crippen LogP contribution in [0.15, 0.2) is 29.3 Å². The highest BCUT2D eigenvalue weighted by molar-refractivity contribution is 5.94. The number of halogens is 1. The first kappa shape index (κ1) is 12.3. The van der Waals surface area contributed by atoms with Gasteiger partial charge in [0, 0.05) is 12.6 Å². The number of likely N-dealkylation sites (N-methyl/N-ethyl adjacent to an activating group) is 1. The quantitative estimate of drug-likeness (QED) is 0.823. The normalized spacial score (nSPS) is 18.5. The van der Waals surface area contributed by atoms with E-state index in [0.717, 1.165) is 0 Å². The van der Waals surface area contributed by atoms with E-state index in [1.165, 1.54) is 13.2 Å². The summed E-state index contributed by atoms with van der Waals surface area (Å²) in [5.74, 6) is 0.110. The summed E-state index contributed by atoms with van der Waals surface area (Å²) >= 11 is 0. The number of alkyl carbamates (subject to hydrolysis) is 1. The van der Waals surface area contributed by atoms with E-state index in [2.05, 4.69) is 15.0 Å². The standard InChI is InChI=1S/C12H14FN3O2/c1-16-10(8-5-3-4-6-9(8)13)7-14-11(16)15-12(17)18-2/h3-6,10H,7H2,1-2H3,(H,14,15,17). The van der Waals surface area contributed by atoms with Crippen LogP contribution < -0.4 is 5.32 Å². The van der Waals surface area contributed by atoms with Crippen molar-refractivity contribution in [1.82, 2.24) is 10.2 Å². The molecule has 5 nitrogen and oxygen atoms in total. The Balaban J connectivity index is 2.13. The van der Waals surface area contributed by atoms with Crippen molar-refractivity contribution in [1.29, 1.82) is 0 Å².